The standard InChI is InChI=1S/C16H29N7O4/c1-12(19-24)15(2,3)18-8-11-27-22-16(4,5)13(20-25)6-9-23-10-7-17-14(23)21-26/h7,10,18,22,24-25H,6,8-9,11H2,1-5H3/b19-12+,20-13+. The van der Waals surface area contributed by atoms with Gasteiger partial charge in [-0.25, -0.2) is 4.98 Å². The predicted molar refractivity (Wildman–Crippen MR) is 102 cm³/mol. The molecule has 0 aliphatic rings. The third kappa shape index (κ3) is 6.70. The Labute approximate surface area is 158 Å². The molecule has 0 fully saturated rings. The van der Waals surface area contributed by atoms with Crippen LogP contribution in [-0.4, -0.2) is 55.6 Å². The van der Waals surface area contributed by atoms with E-state index in [9.17, 15) is 10.1 Å². The van der Waals surface area contributed by atoms with Crippen LogP contribution in [0.25, 0.3) is 0 Å². The Morgan fingerprint density at radius 3 is 2.56 bits per heavy atom. The van der Waals surface area contributed by atoms with E-state index in [1.165, 1.54) is 6.20 Å². The molecule has 1 heterocycles. The Balaban J connectivity index is 2.47. The SMILES string of the molecule is C/C(=N\O)C(C)(C)NCCONC(C)(C)/C(CCn1ccnc1N=O)=N/O. The molecule has 1 rings (SSSR count). The summed E-state index contributed by atoms with van der Waals surface area (Å²) in [6.45, 7) is 10.4. The van der Waals surface area contributed by atoms with E-state index >= 15 is 0 Å². The molecule has 1 aromatic heterocycles. The molecule has 0 radical (unpaired) electrons. The maximum Gasteiger partial charge on any atom is 0.271 e. The van der Waals surface area contributed by atoms with Crippen molar-refractivity contribution >= 4 is 17.4 Å². The molecule has 0 aromatic carbocycles. The zero-order valence-electron chi connectivity index (χ0n) is 16.4. The van der Waals surface area contributed by atoms with Crippen molar-refractivity contribution in [2.24, 2.45) is 15.5 Å². The predicted octanol–water partition coefficient (Wildman–Crippen LogP) is 2.02. The van der Waals surface area contributed by atoms with Crippen LogP contribution in [0.3, 0.4) is 0 Å². The van der Waals surface area contributed by atoms with Gasteiger partial charge >= 0.3 is 0 Å². The zero-order valence-corrected chi connectivity index (χ0v) is 16.4. The smallest absolute Gasteiger partial charge is 0.271 e. The van der Waals surface area contributed by atoms with Crippen molar-refractivity contribution in [3.05, 3.63) is 17.3 Å². The molecule has 0 unspecified atom stereocenters. The van der Waals surface area contributed by atoms with E-state index in [1.54, 1.807) is 17.7 Å². The lowest BCUT2D eigenvalue weighted by Gasteiger charge is -2.28. The Morgan fingerprint density at radius 2 is 1.96 bits per heavy atom. The summed E-state index contributed by atoms with van der Waals surface area (Å²) in [6, 6.07) is 0. The summed E-state index contributed by atoms with van der Waals surface area (Å²) in [5.41, 5.74) is 2.70. The van der Waals surface area contributed by atoms with Gasteiger partial charge in [-0.15, -0.1) is 4.91 Å². The normalized spacial score (nSPS) is 13.8. The highest BCUT2D eigenvalue weighted by atomic mass is 16.6. The van der Waals surface area contributed by atoms with Gasteiger partial charge in [-0.3, -0.25) is 4.84 Å². The van der Waals surface area contributed by atoms with Crippen molar-refractivity contribution < 1.29 is 15.3 Å². The molecule has 4 N–H and O–H groups in total. The van der Waals surface area contributed by atoms with Gasteiger partial charge < -0.3 is 20.3 Å². The second-order valence-corrected chi connectivity index (χ2v) is 7.12. The molecule has 0 aliphatic heterocycles. The lowest BCUT2D eigenvalue weighted by molar-refractivity contribution is 0.00818. The van der Waals surface area contributed by atoms with Crippen LogP contribution in [0, 0.1) is 4.91 Å². The minimum absolute atomic E-state index is 0.0738. The molecule has 152 valence electrons. The summed E-state index contributed by atoms with van der Waals surface area (Å²) in [5.74, 6) is 0.0738. The summed E-state index contributed by atoms with van der Waals surface area (Å²) in [5, 5.41) is 30.8. The average Bonchev–Trinajstić information content (AvgIpc) is 3.08. The molecular weight excluding hydrogens is 354 g/mol. The fraction of sp³-hybridized carbons (Fsp3) is 0.688. The number of nitroso groups, excluding NO2 is 1. The maximum absolute atomic E-state index is 10.7. The first-order valence-corrected chi connectivity index (χ1v) is 8.57. The molecule has 0 amide bonds. The fourth-order valence-corrected chi connectivity index (χ4v) is 2.24. The first-order chi connectivity index (χ1) is 12.7. The van der Waals surface area contributed by atoms with Crippen molar-refractivity contribution in [1.82, 2.24) is 20.3 Å². The summed E-state index contributed by atoms with van der Waals surface area (Å²) < 4.78 is 1.58. The molecule has 11 heteroatoms. The number of oxime groups is 2. The minimum atomic E-state index is -0.734. The Morgan fingerprint density at radius 1 is 1.26 bits per heavy atom. The van der Waals surface area contributed by atoms with E-state index in [-0.39, 0.29) is 5.95 Å². The van der Waals surface area contributed by atoms with Crippen LogP contribution in [0.4, 0.5) is 5.95 Å². The van der Waals surface area contributed by atoms with Gasteiger partial charge in [0.2, 0.25) is 0 Å². The zero-order chi connectivity index (χ0) is 20.5. The van der Waals surface area contributed by atoms with Crippen LogP contribution in [0.5, 0.6) is 0 Å². The number of nitrogens with one attached hydrogen (secondary N) is 2. The number of imidazole rings is 1. The van der Waals surface area contributed by atoms with E-state index in [0.29, 0.717) is 37.5 Å². The maximum atomic E-state index is 10.7. The molecule has 0 bridgehead atoms. The number of aryl methyl sites for hydroxylation is 1. The lowest BCUT2D eigenvalue weighted by Crippen LogP contribution is -2.50. The molecule has 27 heavy (non-hydrogen) atoms. The van der Waals surface area contributed by atoms with Crippen molar-refractivity contribution in [2.45, 2.75) is 58.7 Å². The average molecular weight is 383 g/mol. The number of hydrogen-bond donors (Lipinski definition) is 4. The van der Waals surface area contributed by atoms with Crippen molar-refractivity contribution in [3.63, 3.8) is 0 Å². The van der Waals surface area contributed by atoms with E-state index in [2.05, 4.69) is 31.3 Å². The molecule has 11 nitrogen and oxygen atoms in total. The Bertz CT molecular complexity index is 667. The van der Waals surface area contributed by atoms with Crippen LogP contribution >= 0.6 is 0 Å². The highest BCUT2D eigenvalue weighted by molar-refractivity contribution is 5.92. The molecule has 0 aliphatic carbocycles. The molecule has 0 atom stereocenters. The van der Waals surface area contributed by atoms with Gasteiger partial charge in [0.15, 0.2) is 0 Å². The van der Waals surface area contributed by atoms with Crippen LogP contribution < -0.4 is 10.8 Å². The topological polar surface area (TPSA) is 146 Å². The van der Waals surface area contributed by atoms with Crippen LogP contribution in [0.15, 0.2) is 27.9 Å². The van der Waals surface area contributed by atoms with Crippen LogP contribution in [-0.2, 0) is 11.4 Å². The number of rotatable bonds is 12. The van der Waals surface area contributed by atoms with Gasteiger partial charge in [-0.2, -0.15) is 5.48 Å². The van der Waals surface area contributed by atoms with Crippen LogP contribution in [0.1, 0.15) is 41.0 Å². The lowest BCUT2D eigenvalue weighted by atomic mass is 9.97. The summed E-state index contributed by atoms with van der Waals surface area (Å²) in [6.07, 6.45) is 3.49. The quantitative estimate of drug-likeness (QED) is 0.142. The molecule has 0 spiro atoms. The van der Waals surface area contributed by atoms with Gasteiger partial charge in [-0.1, -0.05) is 10.3 Å². The molecule has 0 saturated carbocycles. The van der Waals surface area contributed by atoms with Crippen molar-refractivity contribution in [1.29, 1.82) is 0 Å². The highest BCUT2D eigenvalue weighted by Gasteiger charge is 2.26. The minimum Gasteiger partial charge on any atom is -0.411 e. The van der Waals surface area contributed by atoms with E-state index in [4.69, 9.17) is 10.0 Å². The fourth-order valence-electron chi connectivity index (χ4n) is 2.24. The van der Waals surface area contributed by atoms with E-state index in [1.807, 2.05) is 27.7 Å². The largest absolute Gasteiger partial charge is 0.411 e. The van der Waals surface area contributed by atoms with Gasteiger partial charge in [0.05, 0.1) is 29.1 Å². The summed E-state index contributed by atoms with van der Waals surface area (Å²) >= 11 is 0. The third-order valence-electron chi connectivity index (χ3n) is 4.36. The Hall–Kier alpha value is -2.37. The number of aromatic nitrogens is 2. The van der Waals surface area contributed by atoms with E-state index < -0.39 is 11.1 Å². The monoisotopic (exact) mass is 383 g/mol. The second-order valence-electron chi connectivity index (χ2n) is 7.12. The second kappa shape index (κ2) is 10.1. The number of hydrogen-bond acceptors (Lipinski definition) is 10. The molecule has 0 saturated heterocycles. The van der Waals surface area contributed by atoms with E-state index in [0.717, 1.165) is 0 Å². The molecule has 1 aromatic rings. The number of nitrogens with zero attached hydrogens (tertiary/aromatic N) is 5. The molecular formula is C16H29N7O4. The highest BCUT2D eigenvalue weighted by Crippen LogP contribution is 2.14. The first-order valence-electron chi connectivity index (χ1n) is 8.57. The number of hydroxylamine groups is 1. The third-order valence-corrected chi connectivity index (χ3v) is 4.36. The van der Waals surface area contributed by atoms with Crippen LogP contribution in [0.2, 0.25) is 0 Å². The summed E-state index contributed by atoms with van der Waals surface area (Å²) in [4.78, 5) is 20.0. The van der Waals surface area contributed by atoms with Gasteiger partial charge in [0.1, 0.15) is 0 Å². The van der Waals surface area contributed by atoms with Gasteiger partial charge in [0, 0.05) is 37.1 Å². The van der Waals surface area contributed by atoms with Crippen molar-refractivity contribution in [3.8, 4) is 0 Å². The van der Waals surface area contributed by atoms with Gasteiger partial charge in [-0.05, 0) is 34.6 Å². The van der Waals surface area contributed by atoms with Gasteiger partial charge in [0.25, 0.3) is 5.95 Å². The Kier molecular flexibility index (Phi) is 8.47. The van der Waals surface area contributed by atoms with Crippen molar-refractivity contribution in [2.75, 3.05) is 13.2 Å². The summed E-state index contributed by atoms with van der Waals surface area (Å²) in [7, 11) is 0. The first kappa shape index (κ1) is 22.7.